The Morgan fingerprint density at radius 3 is 2.62 bits per heavy atom. The number of carbonyl (C=O) groups excluding carboxylic acids is 1. The van der Waals surface area contributed by atoms with E-state index in [1.54, 1.807) is 44.6 Å². The van der Waals surface area contributed by atoms with Gasteiger partial charge in [-0.05, 0) is 18.2 Å². The zero-order chi connectivity index (χ0) is 15.4. The third kappa shape index (κ3) is 2.89. The molecule has 0 bridgehead atoms. The number of ether oxygens (including phenoxy) is 2. The van der Waals surface area contributed by atoms with E-state index in [-0.39, 0.29) is 5.91 Å². The van der Waals surface area contributed by atoms with Gasteiger partial charge in [-0.25, -0.2) is 0 Å². The molecule has 0 aliphatic carbocycles. The van der Waals surface area contributed by atoms with Gasteiger partial charge in [0.25, 0.3) is 5.91 Å². The van der Waals surface area contributed by atoms with Crippen LogP contribution in [0.5, 0.6) is 11.5 Å². The molecule has 1 heterocycles. The van der Waals surface area contributed by atoms with Gasteiger partial charge in [-0.15, -0.1) is 0 Å². The number of nitrogen functional groups attached to an aromatic ring is 1. The van der Waals surface area contributed by atoms with E-state index in [0.29, 0.717) is 28.4 Å². The summed E-state index contributed by atoms with van der Waals surface area (Å²) in [6.07, 6.45) is 3.09. The van der Waals surface area contributed by atoms with E-state index < -0.39 is 0 Å². The van der Waals surface area contributed by atoms with Gasteiger partial charge in [0.15, 0.2) is 0 Å². The van der Waals surface area contributed by atoms with Crippen LogP contribution in [0.15, 0.2) is 36.7 Å². The van der Waals surface area contributed by atoms with Gasteiger partial charge < -0.3 is 20.1 Å². The van der Waals surface area contributed by atoms with Crippen LogP contribution < -0.4 is 20.1 Å². The average molecular weight is 287 g/mol. The van der Waals surface area contributed by atoms with Gasteiger partial charge in [0.1, 0.15) is 11.5 Å². The molecule has 1 aromatic carbocycles. The standard InChI is InChI=1S/C15H17N3O3/c1-18(13-6-7-17-9-12(13)16)15(19)11-5-4-10(20-2)8-14(11)21-3/h4-9H,16H2,1-3H3. The van der Waals surface area contributed by atoms with Gasteiger partial charge >= 0.3 is 0 Å². The second-order valence-corrected chi connectivity index (χ2v) is 4.36. The molecule has 2 aromatic rings. The van der Waals surface area contributed by atoms with Crippen molar-refractivity contribution >= 4 is 17.3 Å². The molecule has 0 saturated carbocycles. The number of hydrogen-bond donors (Lipinski definition) is 1. The minimum atomic E-state index is -0.229. The van der Waals surface area contributed by atoms with Gasteiger partial charge in [-0.1, -0.05) is 0 Å². The van der Waals surface area contributed by atoms with E-state index in [4.69, 9.17) is 15.2 Å². The number of rotatable bonds is 4. The van der Waals surface area contributed by atoms with E-state index in [0.717, 1.165) is 0 Å². The maximum absolute atomic E-state index is 12.6. The van der Waals surface area contributed by atoms with Crippen molar-refractivity contribution in [2.45, 2.75) is 0 Å². The normalized spacial score (nSPS) is 10.0. The topological polar surface area (TPSA) is 77.7 Å². The Balaban J connectivity index is 2.38. The molecule has 0 radical (unpaired) electrons. The summed E-state index contributed by atoms with van der Waals surface area (Å²) >= 11 is 0. The largest absolute Gasteiger partial charge is 0.497 e. The third-order valence-corrected chi connectivity index (χ3v) is 3.13. The summed E-state index contributed by atoms with van der Waals surface area (Å²) in [5.74, 6) is 0.834. The van der Waals surface area contributed by atoms with Crippen LogP contribution in [0, 0.1) is 0 Å². The van der Waals surface area contributed by atoms with E-state index in [1.165, 1.54) is 18.2 Å². The number of methoxy groups -OCH3 is 2. The molecular weight excluding hydrogens is 270 g/mol. The minimum absolute atomic E-state index is 0.229. The second kappa shape index (κ2) is 6.13. The molecule has 0 saturated heterocycles. The summed E-state index contributed by atoms with van der Waals surface area (Å²) in [7, 11) is 4.71. The number of aromatic nitrogens is 1. The number of benzene rings is 1. The summed E-state index contributed by atoms with van der Waals surface area (Å²) in [5, 5.41) is 0. The Hall–Kier alpha value is -2.76. The summed E-state index contributed by atoms with van der Waals surface area (Å²) in [6.45, 7) is 0. The Labute approximate surface area is 123 Å². The summed E-state index contributed by atoms with van der Waals surface area (Å²) in [5.41, 5.74) is 7.30. The van der Waals surface area contributed by atoms with Crippen LogP contribution in [-0.4, -0.2) is 32.2 Å². The van der Waals surface area contributed by atoms with E-state index in [9.17, 15) is 4.79 Å². The van der Waals surface area contributed by atoms with Crippen LogP contribution in [0.25, 0.3) is 0 Å². The lowest BCUT2D eigenvalue weighted by Crippen LogP contribution is -2.27. The number of amides is 1. The number of anilines is 2. The Morgan fingerprint density at radius 2 is 2.00 bits per heavy atom. The molecule has 110 valence electrons. The Morgan fingerprint density at radius 1 is 1.24 bits per heavy atom. The van der Waals surface area contributed by atoms with Gasteiger partial charge in [0.05, 0.1) is 37.4 Å². The van der Waals surface area contributed by atoms with E-state index in [2.05, 4.69) is 4.98 Å². The molecular formula is C15H17N3O3. The van der Waals surface area contributed by atoms with Crippen molar-refractivity contribution in [2.24, 2.45) is 0 Å². The minimum Gasteiger partial charge on any atom is -0.497 e. The lowest BCUT2D eigenvalue weighted by Gasteiger charge is -2.20. The monoisotopic (exact) mass is 287 g/mol. The summed E-state index contributed by atoms with van der Waals surface area (Å²) in [4.78, 5) is 18.0. The number of nitrogens with two attached hydrogens (primary N) is 1. The highest BCUT2D eigenvalue weighted by molar-refractivity contribution is 6.08. The lowest BCUT2D eigenvalue weighted by molar-refractivity contribution is 0.0990. The molecule has 21 heavy (non-hydrogen) atoms. The average Bonchev–Trinajstić information content (AvgIpc) is 2.53. The van der Waals surface area contributed by atoms with Crippen molar-refractivity contribution in [3.8, 4) is 11.5 Å². The van der Waals surface area contributed by atoms with Crippen LogP contribution >= 0.6 is 0 Å². The number of pyridine rings is 1. The first-order valence-electron chi connectivity index (χ1n) is 6.28. The van der Waals surface area contributed by atoms with Gasteiger partial charge in [-0.2, -0.15) is 0 Å². The quantitative estimate of drug-likeness (QED) is 0.930. The first-order valence-corrected chi connectivity index (χ1v) is 6.28. The van der Waals surface area contributed by atoms with Gasteiger partial charge in [0, 0.05) is 19.3 Å². The molecule has 0 spiro atoms. The second-order valence-electron chi connectivity index (χ2n) is 4.36. The maximum atomic E-state index is 12.6. The third-order valence-electron chi connectivity index (χ3n) is 3.13. The van der Waals surface area contributed by atoms with Gasteiger partial charge in [-0.3, -0.25) is 9.78 Å². The van der Waals surface area contributed by atoms with Crippen LogP contribution in [0.3, 0.4) is 0 Å². The highest BCUT2D eigenvalue weighted by Gasteiger charge is 2.19. The predicted octanol–water partition coefficient (Wildman–Crippen LogP) is 1.96. The zero-order valence-electron chi connectivity index (χ0n) is 12.2. The molecule has 6 heteroatoms. The molecule has 2 N–H and O–H groups in total. The first kappa shape index (κ1) is 14.6. The predicted molar refractivity (Wildman–Crippen MR) is 80.9 cm³/mol. The lowest BCUT2D eigenvalue weighted by atomic mass is 10.1. The van der Waals surface area contributed by atoms with E-state index >= 15 is 0 Å². The van der Waals surface area contributed by atoms with Crippen molar-refractivity contribution in [1.82, 2.24) is 4.98 Å². The maximum Gasteiger partial charge on any atom is 0.261 e. The molecule has 0 atom stereocenters. The van der Waals surface area contributed by atoms with E-state index in [1.807, 2.05) is 0 Å². The molecule has 0 unspecified atom stereocenters. The van der Waals surface area contributed by atoms with Crippen molar-refractivity contribution in [2.75, 3.05) is 31.9 Å². The van der Waals surface area contributed by atoms with Crippen LogP contribution in [0.2, 0.25) is 0 Å². The highest BCUT2D eigenvalue weighted by atomic mass is 16.5. The molecule has 0 aliphatic heterocycles. The molecule has 1 aromatic heterocycles. The van der Waals surface area contributed by atoms with Crippen molar-refractivity contribution in [3.05, 3.63) is 42.2 Å². The number of carbonyl (C=O) groups is 1. The van der Waals surface area contributed by atoms with Crippen LogP contribution in [-0.2, 0) is 0 Å². The van der Waals surface area contributed by atoms with Crippen LogP contribution in [0.4, 0.5) is 11.4 Å². The summed E-state index contributed by atoms with van der Waals surface area (Å²) < 4.78 is 10.4. The fourth-order valence-electron chi connectivity index (χ4n) is 1.97. The molecule has 0 fully saturated rings. The Kier molecular flexibility index (Phi) is 4.27. The fourth-order valence-corrected chi connectivity index (χ4v) is 1.97. The van der Waals surface area contributed by atoms with Crippen molar-refractivity contribution < 1.29 is 14.3 Å². The van der Waals surface area contributed by atoms with Crippen molar-refractivity contribution in [3.63, 3.8) is 0 Å². The molecule has 6 nitrogen and oxygen atoms in total. The molecule has 0 aliphatic rings. The van der Waals surface area contributed by atoms with Crippen molar-refractivity contribution in [1.29, 1.82) is 0 Å². The molecule has 2 rings (SSSR count). The Bertz CT molecular complexity index is 658. The SMILES string of the molecule is COc1ccc(C(=O)N(C)c2ccncc2N)c(OC)c1. The number of nitrogens with zero attached hydrogens (tertiary/aromatic N) is 2. The molecule has 1 amide bonds. The highest BCUT2D eigenvalue weighted by Crippen LogP contribution is 2.28. The summed E-state index contributed by atoms with van der Waals surface area (Å²) in [6, 6.07) is 6.72. The van der Waals surface area contributed by atoms with Gasteiger partial charge in [0.2, 0.25) is 0 Å². The number of hydrogen-bond acceptors (Lipinski definition) is 5. The smallest absolute Gasteiger partial charge is 0.261 e. The first-order chi connectivity index (χ1) is 10.1. The zero-order valence-corrected chi connectivity index (χ0v) is 12.2. The fraction of sp³-hybridized carbons (Fsp3) is 0.200. The van der Waals surface area contributed by atoms with Crippen LogP contribution in [0.1, 0.15) is 10.4 Å².